The number of nitrogens with one attached hydrogen (secondary N) is 2. The van der Waals surface area contributed by atoms with Crippen molar-refractivity contribution in [3.8, 4) is 5.75 Å². The van der Waals surface area contributed by atoms with Crippen LogP contribution in [0.4, 0.5) is 0 Å². The average molecular weight is 328 g/mol. The summed E-state index contributed by atoms with van der Waals surface area (Å²) in [5, 5.41) is 7.30. The van der Waals surface area contributed by atoms with Crippen LogP contribution in [-0.4, -0.2) is 46.2 Å². The van der Waals surface area contributed by atoms with Crippen LogP contribution in [0, 0.1) is 0 Å². The Bertz CT molecular complexity index is 840. The van der Waals surface area contributed by atoms with Gasteiger partial charge in [-0.3, -0.25) is 14.7 Å². The fourth-order valence-corrected chi connectivity index (χ4v) is 4.08. The second-order valence-electron chi connectivity index (χ2n) is 6.66. The molecule has 1 saturated heterocycles. The van der Waals surface area contributed by atoms with E-state index in [4.69, 9.17) is 4.74 Å². The lowest BCUT2D eigenvalue weighted by molar-refractivity contribution is 0.0626. The summed E-state index contributed by atoms with van der Waals surface area (Å²) >= 11 is 0. The summed E-state index contributed by atoms with van der Waals surface area (Å²) in [5.41, 5.74) is 2.45. The number of carbonyl (C=O) groups excluding carboxylic acids is 1. The Hall–Kier alpha value is -2.57. The maximum absolute atomic E-state index is 12.8. The van der Waals surface area contributed by atoms with Gasteiger partial charge in [0.2, 0.25) is 5.43 Å². The average Bonchev–Trinajstić information content (AvgIpc) is 3.19. The van der Waals surface area contributed by atoms with E-state index in [1.54, 1.807) is 0 Å². The quantitative estimate of drug-likeness (QED) is 0.867. The standard InChI is InChI=1S/C17H20N4O3/c1-24-14-9-18-12(7-13(14)22)16(23)21-6-2-4-17(10-21)5-3-11-8-19-20-15(11)17/h7-9H,2-6,10H2,1H3,(H,18,22)(H,19,20). The van der Waals surface area contributed by atoms with Crippen LogP contribution in [0.1, 0.15) is 41.0 Å². The van der Waals surface area contributed by atoms with E-state index in [-0.39, 0.29) is 22.5 Å². The number of hydrogen-bond acceptors (Lipinski definition) is 4. The van der Waals surface area contributed by atoms with Gasteiger partial charge >= 0.3 is 0 Å². The molecule has 0 radical (unpaired) electrons. The molecule has 7 nitrogen and oxygen atoms in total. The Morgan fingerprint density at radius 1 is 1.42 bits per heavy atom. The molecule has 1 atom stereocenters. The second kappa shape index (κ2) is 5.51. The Morgan fingerprint density at radius 3 is 3.08 bits per heavy atom. The van der Waals surface area contributed by atoms with Crippen LogP contribution in [0.25, 0.3) is 0 Å². The van der Waals surface area contributed by atoms with Gasteiger partial charge in [-0.05, 0) is 31.2 Å². The highest BCUT2D eigenvalue weighted by molar-refractivity contribution is 5.92. The number of fused-ring (bicyclic) bond motifs is 2. The van der Waals surface area contributed by atoms with Gasteiger partial charge in [0.25, 0.3) is 5.91 Å². The number of carbonyl (C=O) groups is 1. The molecule has 24 heavy (non-hydrogen) atoms. The van der Waals surface area contributed by atoms with E-state index in [2.05, 4.69) is 15.2 Å². The summed E-state index contributed by atoms with van der Waals surface area (Å²) in [6.45, 7) is 1.37. The first kappa shape index (κ1) is 15.0. The normalized spacial score (nSPS) is 22.6. The minimum atomic E-state index is -0.289. The maximum atomic E-state index is 12.8. The molecule has 0 bridgehead atoms. The number of ether oxygens (including phenoxy) is 1. The van der Waals surface area contributed by atoms with Crippen LogP contribution >= 0.6 is 0 Å². The molecule has 1 aliphatic carbocycles. The molecule has 0 aromatic carbocycles. The highest BCUT2D eigenvalue weighted by atomic mass is 16.5. The largest absolute Gasteiger partial charge is 0.491 e. The summed E-state index contributed by atoms with van der Waals surface area (Å²) in [5.74, 6) is 0.0707. The van der Waals surface area contributed by atoms with E-state index in [1.807, 2.05) is 11.1 Å². The van der Waals surface area contributed by atoms with E-state index < -0.39 is 0 Å². The van der Waals surface area contributed by atoms with Crippen LogP contribution in [-0.2, 0) is 11.8 Å². The smallest absolute Gasteiger partial charge is 0.270 e. The van der Waals surface area contributed by atoms with Crippen molar-refractivity contribution < 1.29 is 9.53 Å². The van der Waals surface area contributed by atoms with Gasteiger partial charge in [-0.15, -0.1) is 0 Å². The van der Waals surface area contributed by atoms with Crippen molar-refractivity contribution in [1.82, 2.24) is 20.1 Å². The first-order chi connectivity index (χ1) is 11.6. The van der Waals surface area contributed by atoms with E-state index in [1.165, 1.54) is 30.6 Å². The van der Waals surface area contributed by atoms with Crippen molar-refractivity contribution in [2.24, 2.45) is 0 Å². The molecule has 126 valence electrons. The van der Waals surface area contributed by atoms with Crippen LogP contribution in [0.3, 0.4) is 0 Å². The summed E-state index contributed by atoms with van der Waals surface area (Å²) < 4.78 is 4.95. The number of nitrogens with zero attached hydrogens (tertiary/aromatic N) is 2. The maximum Gasteiger partial charge on any atom is 0.270 e. The van der Waals surface area contributed by atoms with Gasteiger partial charge in [-0.25, -0.2) is 0 Å². The third-order valence-electron chi connectivity index (χ3n) is 5.31. The third-order valence-corrected chi connectivity index (χ3v) is 5.31. The highest BCUT2D eigenvalue weighted by Gasteiger charge is 2.44. The number of piperidine rings is 1. The molecule has 7 heteroatoms. The third kappa shape index (κ3) is 2.23. The van der Waals surface area contributed by atoms with Gasteiger partial charge in [0.15, 0.2) is 5.75 Å². The molecular formula is C17H20N4O3. The molecular weight excluding hydrogens is 308 g/mol. The van der Waals surface area contributed by atoms with Crippen LogP contribution in [0.2, 0.25) is 0 Å². The molecule has 1 amide bonds. The van der Waals surface area contributed by atoms with Gasteiger partial charge < -0.3 is 14.6 Å². The lowest BCUT2D eigenvalue weighted by Crippen LogP contribution is -2.48. The number of H-pyrrole nitrogens is 2. The Labute approximate surface area is 139 Å². The van der Waals surface area contributed by atoms with Crippen molar-refractivity contribution in [1.29, 1.82) is 0 Å². The molecule has 4 rings (SSSR count). The lowest BCUT2D eigenvalue weighted by Gasteiger charge is -2.40. The highest BCUT2D eigenvalue weighted by Crippen LogP contribution is 2.43. The zero-order valence-electron chi connectivity index (χ0n) is 13.6. The molecule has 2 N–H and O–H groups in total. The molecule has 2 aromatic rings. The number of likely N-dealkylation sites (tertiary alicyclic amines) is 1. The number of amides is 1. The Balaban J connectivity index is 1.60. The van der Waals surface area contributed by atoms with E-state index in [0.29, 0.717) is 18.8 Å². The predicted octanol–water partition coefficient (Wildman–Crippen LogP) is 1.23. The molecule has 1 unspecified atom stereocenters. The Morgan fingerprint density at radius 2 is 2.29 bits per heavy atom. The molecule has 1 spiro atoms. The van der Waals surface area contributed by atoms with Crippen molar-refractivity contribution >= 4 is 5.91 Å². The van der Waals surface area contributed by atoms with Gasteiger partial charge in [0.1, 0.15) is 5.69 Å². The van der Waals surface area contributed by atoms with Gasteiger partial charge in [0.05, 0.1) is 13.3 Å². The fraction of sp³-hybridized carbons (Fsp3) is 0.471. The summed E-state index contributed by atoms with van der Waals surface area (Å²) in [7, 11) is 1.43. The number of rotatable bonds is 2. The van der Waals surface area contributed by atoms with E-state index >= 15 is 0 Å². The first-order valence-electron chi connectivity index (χ1n) is 8.22. The molecule has 3 heterocycles. The van der Waals surface area contributed by atoms with Crippen LogP contribution in [0.15, 0.2) is 23.3 Å². The topological polar surface area (TPSA) is 91.1 Å². The predicted molar refractivity (Wildman–Crippen MR) is 87.3 cm³/mol. The van der Waals surface area contributed by atoms with Crippen molar-refractivity contribution in [3.05, 3.63) is 45.6 Å². The zero-order chi connectivity index (χ0) is 16.7. The van der Waals surface area contributed by atoms with Gasteiger partial charge in [-0.1, -0.05) is 0 Å². The molecule has 2 aliphatic rings. The zero-order valence-corrected chi connectivity index (χ0v) is 13.6. The lowest BCUT2D eigenvalue weighted by atomic mass is 9.77. The SMILES string of the molecule is COc1c[nH]c(C(=O)N2CCCC3(CCc4cn[nH]c43)C2)cc1=O. The fourth-order valence-electron chi connectivity index (χ4n) is 4.08. The van der Waals surface area contributed by atoms with Crippen LogP contribution < -0.4 is 10.2 Å². The minimum Gasteiger partial charge on any atom is -0.491 e. The molecule has 2 aromatic heterocycles. The number of aryl methyl sites for hydroxylation is 1. The van der Waals surface area contributed by atoms with E-state index in [0.717, 1.165) is 25.7 Å². The molecule has 0 saturated carbocycles. The molecule has 1 aliphatic heterocycles. The van der Waals surface area contributed by atoms with Crippen molar-refractivity contribution in [2.75, 3.05) is 20.2 Å². The number of aromatic amines is 2. The first-order valence-corrected chi connectivity index (χ1v) is 8.22. The number of aromatic nitrogens is 3. The number of methoxy groups -OCH3 is 1. The van der Waals surface area contributed by atoms with Gasteiger partial charge in [-0.2, -0.15) is 5.10 Å². The summed E-state index contributed by atoms with van der Waals surface area (Å²) in [6.07, 6.45) is 7.40. The Kier molecular flexibility index (Phi) is 3.44. The monoisotopic (exact) mass is 328 g/mol. The molecule has 1 fully saturated rings. The summed E-state index contributed by atoms with van der Waals surface area (Å²) in [4.78, 5) is 29.5. The van der Waals surface area contributed by atoms with Crippen molar-refractivity contribution in [3.63, 3.8) is 0 Å². The van der Waals surface area contributed by atoms with Crippen molar-refractivity contribution in [2.45, 2.75) is 31.1 Å². The number of hydrogen-bond donors (Lipinski definition) is 2. The second-order valence-corrected chi connectivity index (χ2v) is 6.66. The van der Waals surface area contributed by atoms with E-state index in [9.17, 15) is 9.59 Å². The van der Waals surface area contributed by atoms with Gasteiger partial charge in [0, 0.05) is 36.5 Å². The minimum absolute atomic E-state index is 0.0213. The van der Waals surface area contributed by atoms with Crippen LogP contribution in [0.5, 0.6) is 5.75 Å². The summed E-state index contributed by atoms with van der Waals surface area (Å²) in [6, 6.07) is 1.32. The number of pyridine rings is 1.